The summed E-state index contributed by atoms with van der Waals surface area (Å²) in [6, 6.07) is 14.2. The Hall–Kier alpha value is -3.37. The number of amides is 3. The van der Waals surface area contributed by atoms with Crippen molar-refractivity contribution in [2.24, 2.45) is 5.73 Å². The van der Waals surface area contributed by atoms with Crippen LogP contribution in [0.15, 0.2) is 60.7 Å². The Morgan fingerprint density at radius 3 is 1.76 bits per heavy atom. The number of carboxylic acids is 1. The van der Waals surface area contributed by atoms with Crippen molar-refractivity contribution < 1.29 is 24.3 Å². The van der Waals surface area contributed by atoms with Crippen LogP contribution in [0.5, 0.6) is 0 Å². The van der Waals surface area contributed by atoms with Gasteiger partial charge < -0.3 is 26.8 Å². The predicted octanol–water partition coefficient (Wildman–Crippen LogP) is 0.288. The van der Waals surface area contributed by atoms with Crippen molar-refractivity contribution in [1.82, 2.24) is 16.0 Å². The van der Waals surface area contributed by atoms with Gasteiger partial charge in [0.25, 0.3) is 0 Å². The lowest BCUT2D eigenvalue weighted by Gasteiger charge is -2.24. The monoisotopic (exact) mass is 486 g/mol. The highest BCUT2D eigenvalue weighted by Gasteiger charge is 2.29. The Balaban J connectivity index is 2.11. The molecule has 4 unspecified atom stereocenters. The number of benzene rings is 2. The van der Waals surface area contributed by atoms with Crippen molar-refractivity contribution in [3.05, 3.63) is 71.8 Å². The molecule has 2 aromatic rings. The fourth-order valence-electron chi connectivity index (χ4n) is 3.14. The number of hydrogen-bond donors (Lipinski definition) is 6. The fraction of sp³-hybridized carbons (Fsp3) is 0.333. The van der Waals surface area contributed by atoms with E-state index >= 15 is 0 Å². The number of hydrogen-bond acceptors (Lipinski definition) is 6. The highest BCUT2D eigenvalue weighted by Crippen LogP contribution is 2.07. The largest absolute Gasteiger partial charge is 0.480 e. The van der Waals surface area contributed by atoms with Crippen molar-refractivity contribution >= 4 is 36.3 Å². The van der Waals surface area contributed by atoms with Crippen LogP contribution >= 0.6 is 12.6 Å². The molecule has 10 heteroatoms. The smallest absolute Gasteiger partial charge is 0.325 e. The molecule has 2 aromatic carbocycles. The van der Waals surface area contributed by atoms with E-state index in [2.05, 4.69) is 28.6 Å². The van der Waals surface area contributed by atoms with Crippen molar-refractivity contribution in [3.8, 4) is 0 Å². The summed E-state index contributed by atoms with van der Waals surface area (Å²) in [5.41, 5.74) is 7.75. The van der Waals surface area contributed by atoms with Gasteiger partial charge in [-0.15, -0.1) is 0 Å². The molecule has 182 valence electrons. The molecule has 0 aliphatic carbocycles. The van der Waals surface area contributed by atoms with Crippen LogP contribution in [0, 0.1) is 0 Å². The van der Waals surface area contributed by atoms with Gasteiger partial charge in [-0.25, -0.2) is 0 Å². The number of thiol groups is 1. The molecule has 34 heavy (non-hydrogen) atoms. The van der Waals surface area contributed by atoms with Gasteiger partial charge in [0.05, 0.1) is 6.04 Å². The van der Waals surface area contributed by atoms with Gasteiger partial charge in [-0.1, -0.05) is 60.7 Å². The van der Waals surface area contributed by atoms with Crippen molar-refractivity contribution in [2.45, 2.75) is 43.9 Å². The summed E-state index contributed by atoms with van der Waals surface area (Å²) < 4.78 is 0. The first kappa shape index (κ1) is 26.9. The summed E-state index contributed by atoms with van der Waals surface area (Å²) >= 11 is 4.10. The SMILES string of the molecule is CC(NC(=O)C(CS)NC(=O)C(Cc1ccccc1)NC(=O)C(N)Cc1ccccc1)C(=O)O. The zero-order valence-corrected chi connectivity index (χ0v) is 19.7. The second kappa shape index (κ2) is 13.4. The molecule has 2 rings (SSSR count). The zero-order chi connectivity index (χ0) is 25.1. The van der Waals surface area contributed by atoms with E-state index in [0.717, 1.165) is 11.1 Å². The quantitative estimate of drug-likeness (QED) is 0.237. The van der Waals surface area contributed by atoms with Gasteiger partial charge in [0.2, 0.25) is 17.7 Å². The lowest BCUT2D eigenvalue weighted by atomic mass is 10.0. The summed E-state index contributed by atoms with van der Waals surface area (Å²) in [6.45, 7) is 1.31. The molecular weight excluding hydrogens is 456 g/mol. The number of nitrogens with two attached hydrogens (primary N) is 1. The van der Waals surface area contributed by atoms with E-state index in [1.54, 1.807) is 0 Å². The Morgan fingerprint density at radius 1 is 0.794 bits per heavy atom. The molecule has 6 N–H and O–H groups in total. The third-order valence-corrected chi connectivity index (χ3v) is 5.46. The van der Waals surface area contributed by atoms with E-state index in [4.69, 9.17) is 10.8 Å². The molecular formula is C24H30N4O5S. The third kappa shape index (κ3) is 8.53. The molecule has 0 saturated carbocycles. The lowest BCUT2D eigenvalue weighted by Crippen LogP contribution is -2.58. The van der Waals surface area contributed by atoms with E-state index in [1.165, 1.54) is 6.92 Å². The Labute approximate surface area is 203 Å². The molecule has 0 heterocycles. The van der Waals surface area contributed by atoms with Crippen LogP contribution < -0.4 is 21.7 Å². The summed E-state index contributed by atoms with van der Waals surface area (Å²) in [4.78, 5) is 49.3. The van der Waals surface area contributed by atoms with Crippen LogP contribution in [0.2, 0.25) is 0 Å². The Bertz CT molecular complexity index is 974. The lowest BCUT2D eigenvalue weighted by molar-refractivity contribution is -0.141. The van der Waals surface area contributed by atoms with Crippen LogP contribution in [0.3, 0.4) is 0 Å². The molecule has 0 fully saturated rings. The molecule has 3 amide bonds. The molecule has 0 bridgehead atoms. The number of carbonyl (C=O) groups is 4. The second-order valence-corrected chi connectivity index (χ2v) is 8.22. The van der Waals surface area contributed by atoms with Crippen LogP contribution in [-0.4, -0.2) is 58.7 Å². The molecule has 0 radical (unpaired) electrons. The summed E-state index contributed by atoms with van der Waals surface area (Å²) in [7, 11) is 0. The van der Waals surface area contributed by atoms with E-state index in [9.17, 15) is 19.2 Å². The molecule has 0 aliphatic heterocycles. The first-order valence-electron chi connectivity index (χ1n) is 10.8. The summed E-state index contributed by atoms with van der Waals surface area (Å²) in [5, 5.41) is 16.5. The maximum absolute atomic E-state index is 13.1. The van der Waals surface area contributed by atoms with E-state index < -0.39 is 47.9 Å². The number of carbonyl (C=O) groups excluding carboxylic acids is 3. The number of carboxylic acid groups (broad SMARTS) is 1. The standard InChI is InChI=1S/C24H30N4O5S/c1-15(24(32)33)26-23(31)20(14-34)28-22(30)19(13-17-10-6-3-7-11-17)27-21(29)18(25)12-16-8-4-2-5-9-16/h2-11,15,18-20,34H,12-14,25H2,1H3,(H,26,31)(H,27,29)(H,28,30)(H,32,33). The van der Waals surface area contributed by atoms with Crippen LogP contribution in [0.25, 0.3) is 0 Å². The molecule has 9 nitrogen and oxygen atoms in total. The average Bonchev–Trinajstić information content (AvgIpc) is 2.82. The topological polar surface area (TPSA) is 151 Å². The predicted molar refractivity (Wildman–Crippen MR) is 131 cm³/mol. The van der Waals surface area contributed by atoms with Crippen LogP contribution in [0.4, 0.5) is 0 Å². The van der Waals surface area contributed by atoms with E-state index in [1.807, 2.05) is 60.7 Å². The maximum Gasteiger partial charge on any atom is 0.325 e. The van der Waals surface area contributed by atoms with E-state index in [0.29, 0.717) is 6.42 Å². The minimum atomic E-state index is -1.21. The summed E-state index contributed by atoms with van der Waals surface area (Å²) in [6.07, 6.45) is 0.462. The number of rotatable bonds is 12. The Morgan fingerprint density at radius 2 is 1.26 bits per heavy atom. The summed E-state index contributed by atoms with van der Waals surface area (Å²) in [5.74, 6) is -3.08. The van der Waals surface area contributed by atoms with Gasteiger partial charge >= 0.3 is 5.97 Å². The second-order valence-electron chi connectivity index (χ2n) is 7.86. The van der Waals surface area contributed by atoms with Crippen molar-refractivity contribution in [2.75, 3.05) is 5.75 Å². The van der Waals surface area contributed by atoms with Gasteiger partial charge in [-0.2, -0.15) is 12.6 Å². The molecule has 0 aromatic heterocycles. The third-order valence-electron chi connectivity index (χ3n) is 5.10. The highest BCUT2D eigenvalue weighted by molar-refractivity contribution is 7.80. The van der Waals surface area contributed by atoms with Crippen LogP contribution in [0.1, 0.15) is 18.1 Å². The molecule has 0 aliphatic rings. The average molecular weight is 487 g/mol. The maximum atomic E-state index is 13.1. The highest BCUT2D eigenvalue weighted by atomic mass is 32.1. The van der Waals surface area contributed by atoms with Crippen LogP contribution in [-0.2, 0) is 32.0 Å². The molecule has 0 spiro atoms. The molecule has 0 saturated heterocycles. The Kier molecular flexibility index (Phi) is 10.6. The van der Waals surface area contributed by atoms with Crippen molar-refractivity contribution in [1.29, 1.82) is 0 Å². The van der Waals surface area contributed by atoms with Gasteiger partial charge in [0.15, 0.2) is 0 Å². The van der Waals surface area contributed by atoms with E-state index in [-0.39, 0.29) is 12.2 Å². The van der Waals surface area contributed by atoms with Crippen molar-refractivity contribution in [3.63, 3.8) is 0 Å². The number of nitrogens with one attached hydrogen (secondary N) is 3. The first-order valence-corrected chi connectivity index (χ1v) is 11.4. The minimum Gasteiger partial charge on any atom is -0.480 e. The van der Waals surface area contributed by atoms with Gasteiger partial charge in [0.1, 0.15) is 18.1 Å². The number of aliphatic carboxylic acids is 1. The zero-order valence-electron chi connectivity index (χ0n) is 18.8. The van der Waals surface area contributed by atoms with Gasteiger partial charge in [0, 0.05) is 12.2 Å². The normalized spacial score (nSPS) is 14.2. The van der Waals surface area contributed by atoms with Gasteiger partial charge in [-0.3, -0.25) is 19.2 Å². The minimum absolute atomic E-state index is 0.0660. The molecule has 4 atom stereocenters. The fourth-order valence-corrected chi connectivity index (χ4v) is 3.40. The van der Waals surface area contributed by atoms with Gasteiger partial charge in [-0.05, 0) is 24.5 Å². The first-order chi connectivity index (χ1) is 16.2.